The lowest BCUT2D eigenvalue weighted by molar-refractivity contribution is 0.306. The molecule has 0 atom stereocenters. The van der Waals surface area contributed by atoms with Gasteiger partial charge in [0.15, 0.2) is 5.82 Å². The van der Waals surface area contributed by atoms with Gasteiger partial charge < -0.3 is 4.74 Å². The number of ether oxygens (including phenoxy) is 1. The molecule has 0 unspecified atom stereocenters. The SMILES string of the molecule is CCCCCOc1ccc(C=Nn2c(-c3cccnc3)n[nH]c2=S)cc1. The van der Waals surface area contributed by atoms with Crippen LogP contribution in [0.1, 0.15) is 31.7 Å². The summed E-state index contributed by atoms with van der Waals surface area (Å²) in [7, 11) is 0. The van der Waals surface area contributed by atoms with E-state index in [1.54, 1.807) is 23.3 Å². The average Bonchev–Trinajstić information content (AvgIpc) is 3.06. The predicted octanol–water partition coefficient (Wildman–Crippen LogP) is 4.45. The van der Waals surface area contributed by atoms with Crippen LogP contribution in [0.5, 0.6) is 5.75 Å². The van der Waals surface area contributed by atoms with Crippen LogP contribution >= 0.6 is 12.2 Å². The van der Waals surface area contributed by atoms with E-state index in [1.165, 1.54) is 12.8 Å². The molecule has 3 aromatic rings. The zero-order chi connectivity index (χ0) is 18.2. The monoisotopic (exact) mass is 367 g/mol. The number of aromatic amines is 1. The molecule has 1 N–H and O–H groups in total. The molecule has 0 amide bonds. The molecule has 0 radical (unpaired) electrons. The fourth-order valence-electron chi connectivity index (χ4n) is 2.40. The first kappa shape index (κ1) is 18.0. The van der Waals surface area contributed by atoms with Gasteiger partial charge >= 0.3 is 0 Å². The summed E-state index contributed by atoms with van der Waals surface area (Å²) >= 11 is 5.27. The number of hydrogen-bond donors (Lipinski definition) is 1. The van der Waals surface area contributed by atoms with Gasteiger partial charge in [0.1, 0.15) is 5.75 Å². The van der Waals surface area contributed by atoms with Gasteiger partial charge in [-0.1, -0.05) is 19.8 Å². The van der Waals surface area contributed by atoms with Gasteiger partial charge in [-0.2, -0.15) is 14.9 Å². The van der Waals surface area contributed by atoms with Gasteiger partial charge in [-0.15, -0.1) is 0 Å². The van der Waals surface area contributed by atoms with Crippen LogP contribution in [-0.2, 0) is 0 Å². The molecule has 0 fully saturated rings. The molecule has 2 aromatic heterocycles. The van der Waals surface area contributed by atoms with Crippen molar-refractivity contribution in [2.75, 3.05) is 6.61 Å². The fourth-order valence-corrected chi connectivity index (χ4v) is 2.58. The Morgan fingerprint density at radius 1 is 1.23 bits per heavy atom. The summed E-state index contributed by atoms with van der Waals surface area (Å²) in [6.45, 7) is 2.93. The second-order valence-electron chi connectivity index (χ2n) is 5.78. The van der Waals surface area contributed by atoms with Gasteiger partial charge in [0.25, 0.3) is 0 Å². The minimum absolute atomic E-state index is 0.427. The van der Waals surface area contributed by atoms with Crippen molar-refractivity contribution in [3.63, 3.8) is 0 Å². The fraction of sp³-hybridized carbons (Fsp3) is 0.263. The van der Waals surface area contributed by atoms with E-state index in [1.807, 2.05) is 36.4 Å². The number of hydrogen-bond acceptors (Lipinski definition) is 5. The Morgan fingerprint density at radius 2 is 2.08 bits per heavy atom. The normalized spacial score (nSPS) is 11.1. The topological polar surface area (TPSA) is 68.1 Å². The lowest BCUT2D eigenvalue weighted by atomic mass is 10.2. The van der Waals surface area contributed by atoms with Crippen LogP contribution in [-0.4, -0.2) is 32.7 Å². The third kappa shape index (κ3) is 4.64. The third-order valence-corrected chi connectivity index (χ3v) is 4.05. The van der Waals surface area contributed by atoms with E-state index in [9.17, 15) is 0 Å². The highest BCUT2D eigenvalue weighted by Gasteiger charge is 2.07. The summed E-state index contributed by atoms with van der Waals surface area (Å²) < 4.78 is 7.73. The van der Waals surface area contributed by atoms with E-state index >= 15 is 0 Å². The van der Waals surface area contributed by atoms with Gasteiger partial charge in [0, 0.05) is 18.0 Å². The van der Waals surface area contributed by atoms with E-state index in [2.05, 4.69) is 27.2 Å². The first-order chi connectivity index (χ1) is 12.8. The Hall–Kier alpha value is -2.80. The molecule has 0 bridgehead atoms. The zero-order valence-corrected chi connectivity index (χ0v) is 15.4. The van der Waals surface area contributed by atoms with E-state index in [0.29, 0.717) is 10.6 Å². The van der Waals surface area contributed by atoms with Gasteiger partial charge in [0.05, 0.1) is 12.8 Å². The summed E-state index contributed by atoms with van der Waals surface area (Å²) in [5.41, 5.74) is 1.79. The summed E-state index contributed by atoms with van der Waals surface area (Å²) in [4.78, 5) is 4.11. The van der Waals surface area contributed by atoms with Crippen LogP contribution in [0.2, 0.25) is 0 Å². The van der Waals surface area contributed by atoms with E-state index < -0.39 is 0 Å². The highest BCUT2D eigenvalue weighted by atomic mass is 32.1. The highest BCUT2D eigenvalue weighted by molar-refractivity contribution is 7.71. The maximum absolute atomic E-state index is 5.72. The molecule has 6 nitrogen and oxygen atoms in total. The number of rotatable bonds is 8. The van der Waals surface area contributed by atoms with E-state index in [0.717, 1.165) is 29.9 Å². The Morgan fingerprint density at radius 3 is 2.81 bits per heavy atom. The quantitative estimate of drug-likeness (QED) is 0.363. The maximum Gasteiger partial charge on any atom is 0.216 e. The van der Waals surface area contributed by atoms with Crippen LogP contribution in [0.15, 0.2) is 53.9 Å². The molecule has 26 heavy (non-hydrogen) atoms. The van der Waals surface area contributed by atoms with E-state index in [-0.39, 0.29) is 0 Å². The third-order valence-electron chi connectivity index (χ3n) is 3.79. The molecule has 0 spiro atoms. The molecule has 0 saturated carbocycles. The smallest absolute Gasteiger partial charge is 0.216 e. The number of benzene rings is 1. The average molecular weight is 367 g/mol. The van der Waals surface area contributed by atoms with Crippen LogP contribution < -0.4 is 4.74 Å². The number of nitrogens with one attached hydrogen (secondary N) is 1. The van der Waals surface area contributed by atoms with Crippen molar-refractivity contribution in [1.29, 1.82) is 0 Å². The number of unbranched alkanes of at least 4 members (excludes halogenated alkanes) is 2. The van der Waals surface area contributed by atoms with Crippen molar-refractivity contribution in [3.8, 4) is 17.1 Å². The van der Waals surface area contributed by atoms with Crippen LogP contribution in [0.25, 0.3) is 11.4 Å². The Kier molecular flexibility index (Phi) is 6.27. The minimum Gasteiger partial charge on any atom is -0.494 e. The number of nitrogens with zero attached hydrogens (tertiary/aromatic N) is 4. The van der Waals surface area contributed by atoms with Crippen molar-refractivity contribution in [2.45, 2.75) is 26.2 Å². The van der Waals surface area contributed by atoms with Crippen LogP contribution in [0.4, 0.5) is 0 Å². The molecular weight excluding hydrogens is 346 g/mol. The van der Waals surface area contributed by atoms with Crippen molar-refractivity contribution >= 4 is 18.4 Å². The molecular formula is C19H21N5OS. The first-order valence-electron chi connectivity index (χ1n) is 8.63. The highest BCUT2D eigenvalue weighted by Crippen LogP contribution is 2.16. The summed E-state index contributed by atoms with van der Waals surface area (Å²) in [6.07, 6.45) is 8.64. The van der Waals surface area contributed by atoms with Crippen molar-refractivity contribution < 1.29 is 4.74 Å². The Bertz CT molecular complexity index is 900. The lowest BCUT2D eigenvalue weighted by Gasteiger charge is -2.05. The second kappa shape index (κ2) is 9.05. The Labute approximate surface area is 157 Å². The van der Waals surface area contributed by atoms with Crippen LogP contribution in [0.3, 0.4) is 0 Å². The number of pyridine rings is 1. The molecule has 0 aliphatic rings. The molecule has 3 rings (SSSR count). The summed E-state index contributed by atoms with van der Waals surface area (Å²) in [5, 5.41) is 11.5. The number of H-pyrrole nitrogens is 1. The van der Waals surface area contributed by atoms with Crippen molar-refractivity contribution in [2.24, 2.45) is 5.10 Å². The summed E-state index contributed by atoms with van der Waals surface area (Å²) in [5.74, 6) is 1.49. The minimum atomic E-state index is 0.427. The lowest BCUT2D eigenvalue weighted by Crippen LogP contribution is -1.97. The standard InChI is InChI=1S/C19H21N5OS/c1-2-3-4-12-25-17-9-7-15(8-10-17)13-21-24-18(22-23-19(24)26)16-6-5-11-20-14-16/h5-11,13-14H,2-4,12H2,1H3,(H,23,26). The molecule has 1 aromatic carbocycles. The van der Waals surface area contributed by atoms with Gasteiger partial charge in [-0.05, 0) is 60.6 Å². The number of aromatic nitrogens is 4. The molecule has 2 heterocycles. The summed E-state index contributed by atoms with van der Waals surface area (Å²) in [6, 6.07) is 11.6. The zero-order valence-electron chi connectivity index (χ0n) is 14.6. The van der Waals surface area contributed by atoms with Gasteiger partial charge in [-0.25, -0.2) is 5.10 Å². The first-order valence-corrected chi connectivity index (χ1v) is 9.04. The Balaban J connectivity index is 1.71. The van der Waals surface area contributed by atoms with Gasteiger partial charge in [0.2, 0.25) is 4.77 Å². The molecule has 0 saturated heterocycles. The second-order valence-corrected chi connectivity index (χ2v) is 6.16. The van der Waals surface area contributed by atoms with E-state index in [4.69, 9.17) is 17.0 Å². The van der Waals surface area contributed by atoms with Gasteiger partial charge in [-0.3, -0.25) is 4.98 Å². The van der Waals surface area contributed by atoms with Crippen molar-refractivity contribution in [3.05, 3.63) is 59.1 Å². The maximum atomic E-state index is 5.72. The molecule has 0 aliphatic carbocycles. The van der Waals surface area contributed by atoms with Crippen molar-refractivity contribution in [1.82, 2.24) is 19.9 Å². The largest absolute Gasteiger partial charge is 0.494 e. The molecule has 7 heteroatoms. The predicted molar refractivity (Wildman–Crippen MR) is 105 cm³/mol. The van der Waals surface area contributed by atoms with Crippen LogP contribution in [0, 0.1) is 4.77 Å². The molecule has 134 valence electrons. The molecule has 0 aliphatic heterocycles.